The van der Waals surface area contributed by atoms with Crippen LogP contribution in [0.4, 0.5) is 0 Å². The molecule has 0 spiro atoms. The lowest BCUT2D eigenvalue weighted by atomic mass is 10.2. The quantitative estimate of drug-likeness (QED) is 0.626. The van der Waals surface area contributed by atoms with Gasteiger partial charge in [0.1, 0.15) is 5.75 Å². The minimum absolute atomic E-state index is 0.328. The van der Waals surface area contributed by atoms with E-state index in [1.807, 2.05) is 12.1 Å². The second-order valence-corrected chi connectivity index (χ2v) is 6.32. The maximum Gasteiger partial charge on any atom is 0.119 e. The van der Waals surface area contributed by atoms with Gasteiger partial charge < -0.3 is 23.9 Å². The molecule has 0 amide bonds. The highest BCUT2D eigenvalue weighted by atomic mass is 16.5. The van der Waals surface area contributed by atoms with Gasteiger partial charge in [0.25, 0.3) is 0 Å². The normalized spacial score (nSPS) is 12.5. The Bertz CT molecular complexity index is 644. The summed E-state index contributed by atoms with van der Waals surface area (Å²) in [6.07, 6.45) is 1.56. The molecule has 1 atom stereocenters. The van der Waals surface area contributed by atoms with Crippen molar-refractivity contribution in [3.63, 3.8) is 0 Å². The molecule has 1 aromatic carbocycles. The van der Waals surface area contributed by atoms with Crippen LogP contribution in [0.3, 0.4) is 0 Å². The molecule has 2 rings (SSSR count). The topological polar surface area (TPSA) is 56.1 Å². The third-order valence-electron chi connectivity index (χ3n) is 4.24. The summed E-state index contributed by atoms with van der Waals surface area (Å²) in [5.41, 5.74) is 2.37. The van der Waals surface area contributed by atoms with Crippen LogP contribution in [0, 0.1) is 0 Å². The Morgan fingerprint density at radius 2 is 1.96 bits per heavy atom. The second kappa shape index (κ2) is 11.0. The van der Waals surface area contributed by atoms with E-state index in [4.69, 9.17) is 14.2 Å². The Morgan fingerprint density at radius 3 is 2.69 bits per heavy atom. The van der Waals surface area contributed by atoms with Gasteiger partial charge in [0.2, 0.25) is 0 Å². The first-order valence-electron chi connectivity index (χ1n) is 8.81. The molecule has 0 aliphatic rings. The molecule has 6 heteroatoms. The number of nitrogens with zero attached hydrogens (tertiary/aromatic N) is 2. The van der Waals surface area contributed by atoms with Crippen molar-refractivity contribution >= 4 is 0 Å². The van der Waals surface area contributed by atoms with Crippen LogP contribution in [0.5, 0.6) is 5.75 Å². The summed E-state index contributed by atoms with van der Waals surface area (Å²) >= 11 is 0. The molecular weight excluding hydrogens is 332 g/mol. The third kappa shape index (κ3) is 6.46. The third-order valence-corrected chi connectivity index (χ3v) is 4.24. The molecule has 1 N–H and O–H groups in total. The monoisotopic (exact) mass is 362 g/mol. The average Bonchev–Trinajstić information content (AvgIpc) is 3.06. The number of methoxy groups -OCH3 is 3. The lowest BCUT2D eigenvalue weighted by molar-refractivity contribution is 0.0288. The number of aromatic nitrogens is 1. The fraction of sp³-hybridized carbons (Fsp3) is 0.500. The Hall–Kier alpha value is -1.86. The van der Waals surface area contributed by atoms with E-state index < -0.39 is 6.10 Å². The SMILES string of the molecule is COCCN(Cc1cccn1Cc1cccc(OC)c1)C[C@H](O)COC. The van der Waals surface area contributed by atoms with Gasteiger partial charge in [-0.1, -0.05) is 12.1 Å². The number of hydrogen-bond acceptors (Lipinski definition) is 5. The first-order valence-corrected chi connectivity index (χ1v) is 8.81. The fourth-order valence-electron chi connectivity index (χ4n) is 2.94. The minimum atomic E-state index is -0.515. The predicted octanol–water partition coefficient (Wildman–Crippen LogP) is 2.00. The summed E-state index contributed by atoms with van der Waals surface area (Å²) in [5.74, 6) is 0.862. The number of ether oxygens (including phenoxy) is 3. The van der Waals surface area contributed by atoms with E-state index in [1.165, 1.54) is 11.3 Å². The van der Waals surface area contributed by atoms with E-state index in [9.17, 15) is 5.11 Å². The van der Waals surface area contributed by atoms with Crippen molar-refractivity contribution in [2.75, 3.05) is 47.6 Å². The highest BCUT2D eigenvalue weighted by Crippen LogP contribution is 2.16. The summed E-state index contributed by atoms with van der Waals surface area (Å²) in [6, 6.07) is 12.3. The molecule has 0 unspecified atom stereocenters. The van der Waals surface area contributed by atoms with E-state index in [2.05, 4.69) is 39.9 Å². The van der Waals surface area contributed by atoms with Crippen molar-refractivity contribution in [1.82, 2.24) is 9.47 Å². The van der Waals surface area contributed by atoms with Gasteiger partial charge in [-0.2, -0.15) is 0 Å². The molecule has 0 radical (unpaired) electrons. The molecule has 144 valence electrons. The number of hydrogen-bond donors (Lipinski definition) is 1. The molecule has 26 heavy (non-hydrogen) atoms. The zero-order valence-corrected chi connectivity index (χ0v) is 15.9. The zero-order valence-electron chi connectivity index (χ0n) is 15.9. The van der Waals surface area contributed by atoms with Crippen LogP contribution in [0.15, 0.2) is 42.6 Å². The summed E-state index contributed by atoms with van der Waals surface area (Å²) in [7, 11) is 4.97. The number of aliphatic hydroxyl groups is 1. The molecular formula is C20H30N2O4. The van der Waals surface area contributed by atoms with Crippen LogP contribution in [0.25, 0.3) is 0 Å². The van der Waals surface area contributed by atoms with Crippen LogP contribution in [-0.4, -0.2) is 68.3 Å². The molecule has 6 nitrogen and oxygen atoms in total. The van der Waals surface area contributed by atoms with Gasteiger partial charge in [-0.15, -0.1) is 0 Å². The molecule has 2 aromatic rings. The van der Waals surface area contributed by atoms with Crippen molar-refractivity contribution in [2.24, 2.45) is 0 Å². The van der Waals surface area contributed by atoms with Crippen LogP contribution >= 0.6 is 0 Å². The first kappa shape index (κ1) is 20.5. The van der Waals surface area contributed by atoms with Gasteiger partial charge >= 0.3 is 0 Å². The van der Waals surface area contributed by atoms with E-state index in [1.54, 1.807) is 21.3 Å². The Morgan fingerprint density at radius 1 is 1.12 bits per heavy atom. The van der Waals surface area contributed by atoms with Crippen molar-refractivity contribution < 1.29 is 19.3 Å². The minimum Gasteiger partial charge on any atom is -0.497 e. The Balaban J connectivity index is 2.05. The van der Waals surface area contributed by atoms with Crippen LogP contribution < -0.4 is 4.74 Å². The lowest BCUT2D eigenvalue weighted by Crippen LogP contribution is -2.36. The van der Waals surface area contributed by atoms with Crippen molar-refractivity contribution in [1.29, 1.82) is 0 Å². The molecule has 1 aromatic heterocycles. The number of rotatable bonds is 12. The smallest absolute Gasteiger partial charge is 0.119 e. The number of benzene rings is 1. The van der Waals surface area contributed by atoms with E-state index in [-0.39, 0.29) is 0 Å². The van der Waals surface area contributed by atoms with Crippen LogP contribution in [-0.2, 0) is 22.6 Å². The summed E-state index contributed by atoms with van der Waals surface area (Å²) in [6.45, 7) is 3.76. The van der Waals surface area contributed by atoms with E-state index in [0.29, 0.717) is 19.8 Å². The van der Waals surface area contributed by atoms with Gasteiger partial charge in [0.05, 0.1) is 26.4 Å². The molecule has 0 aliphatic heterocycles. The fourth-order valence-corrected chi connectivity index (χ4v) is 2.94. The second-order valence-electron chi connectivity index (χ2n) is 6.32. The van der Waals surface area contributed by atoms with Gasteiger partial charge in [-0.05, 0) is 29.8 Å². The predicted molar refractivity (Wildman–Crippen MR) is 102 cm³/mol. The van der Waals surface area contributed by atoms with E-state index in [0.717, 1.165) is 25.4 Å². The molecule has 0 bridgehead atoms. The summed E-state index contributed by atoms with van der Waals surface area (Å²) in [4.78, 5) is 2.19. The van der Waals surface area contributed by atoms with Gasteiger partial charge in [0.15, 0.2) is 0 Å². The van der Waals surface area contributed by atoms with Gasteiger partial charge in [-0.3, -0.25) is 4.90 Å². The van der Waals surface area contributed by atoms with Crippen LogP contribution in [0.1, 0.15) is 11.3 Å². The summed E-state index contributed by atoms with van der Waals surface area (Å²) < 4.78 is 17.8. The largest absolute Gasteiger partial charge is 0.497 e. The standard InChI is InChI=1S/C20H30N2O4/c1-24-11-10-21(15-19(23)16-25-2)14-18-7-5-9-22(18)13-17-6-4-8-20(12-17)26-3/h4-9,12,19,23H,10-11,13-16H2,1-3H3/t19-/m0/s1. The molecule has 0 saturated heterocycles. The van der Waals surface area contributed by atoms with Crippen molar-refractivity contribution in [2.45, 2.75) is 19.2 Å². The van der Waals surface area contributed by atoms with Gasteiger partial charge in [0, 0.05) is 52.3 Å². The van der Waals surface area contributed by atoms with Gasteiger partial charge in [-0.25, -0.2) is 0 Å². The first-order chi connectivity index (χ1) is 12.7. The maximum atomic E-state index is 10.1. The maximum absolute atomic E-state index is 10.1. The van der Waals surface area contributed by atoms with Crippen molar-refractivity contribution in [3.8, 4) is 5.75 Å². The van der Waals surface area contributed by atoms with Crippen molar-refractivity contribution in [3.05, 3.63) is 53.9 Å². The molecule has 1 heterocycles. The summed E-state index contributed by atoms with van der Waals surface area (Å²) in [5, 5.41) is 10.1. The highest BCUT2D eigenvalue weighted by Gasteiger charge is 2.14. The Labute approximate surface area is 155 Å². The Kier molecular flexibility index (Phi) is 8.64. The molecule has 0 aliphatic carbocycles. The lowest BCUT2D eigenvalue weighted by Gasteiger charge is -2.25. The van der Waals surface area contributed by atoms with E-state index >= 15 is 0 Å². The average molecular weight is 362 g/mol. The number of aliphatic hydroxyl groups excluding tert-OH is 1. The molecule has 0 saturated carbocycles. The zero-order chi connectivity index (χ0) is 18.8. The molecule has 0 fully saturated rings. The van der Waals surface area contributed by atoms with Crippen LogP contribution in [0.2, 0.25) is 0 Å². The highest BCUT2D eigenvalue weighted by molar-refractivity contribution is 5.29.